The molecule has 8 heteroatoms. The van der Waals surface area contributed by atoms with Gasteiger partial charge in [0.2, 0.25) is 17.7 Å². The van der Waals surface area contributed by atoms with E-state index >= 15 is 0 Å². The Bertz CT molecular complexity index is 1030. The highest BCUT2D eigenvalue weighted by molar-refractivity contribution is 5.90. The summed E-state index contributed by atoms with van der Waals surface area (Å²) in [6.07, 6.45) is 3.20. The number of nitrogens with one attached hydrogen (secondary N) is 2. The number of benzene rings is 2. The molecule has 38 heavy (non-hydrogen) atoms. The standard InChI is InChI=1S/C30H39F2N3O3/c1-38-26-9-7-25(8-10-26)33-28(36)21-22-13-18-35(19-14-22)20-15-27(23-5-3-2-4-6-23)34-29(37)24-11-16-30(31,32)17-12-24/h2-10,22,24,27H,11-21H2,1H3,(H,33,36)(H,34,37). The van der Waals surface area contributed by atoms with Crippen molar-refractivity contribution in [1.29, 1.82) is 0 Å². The van der Waals surface area contributed by atoms with Crippen molar-refractivity contribution >= 4 is 17.5 Å². The van der Waals surface area contributed by atoms with E-state index in [0.29, 0.717) is 12.3 Å². The summed E-state index contributed by atoms with van der Waals surface area (Å²) < 4.78 is 32.3. The second-order valence-electron chi connectivity index (χ2n) is 10.7. The van der Waals surface area contributed by atoms with Crippen LogP contribution in [0.15, 0.2) is 54.6 Å². The largest absolute Gasteiger partial charge is 0.497 e. The molecule has 2 N–H and O–H groups in total. The molecule has 2 fully saturated rings. The summed E-state index contributed by atoms with van der Waals surface area (Å²) in [7, 11) is 1.61. The molecular weight excluding hydrogens is 488 g/mol. The van der Waals surface area contributed by atoms with Crippen LogP contribution in [-0.4, -0.2) is 49.4 Å². The van der Waals surface area contributed by atoms with Crippen LogP contribution in [0, 0.1) is 11.8 Å². The third-order valence-electron chi connectivity index (χ3n) is 7.90. The fraction of sp³-hybridized carbons (Fsp3) is 0.533. The van der Waals surface area contributed by atoms with Gasteiger partial charge in [-0.25, -0.2) is 8.78 Å². The molecule has 1 aliphatic heterocycles. The van der Waals surface area contributed by atoms with E-state index in [0.717, 1.165) is 55.9 Å². The van der Waals surface area contributed by atoms with Gasteiger partial charge in [0.1, 0.15) is 5.75 Å². The van der Waals surface area contributed by atoms with Crippen molar-refractivity contribution in [3.05, 3.63) is 60.2 Å². The quantitative estimate of drug-likeness (QED) is 0.409. The van der Waals surface area contributed by atoms with Crippen LogP contribution in [0.5, 0.6) is 5.75 Å². The van der Waals surface area contributed by atoms with Gasteiger partial charge in [-0.2, -0.15) is 0 Å². The van der Waals surface area contributed by atoms with Gasteiger partial charge >= 0.3 is 0 Å². The van der Waals surface area contributed by atoms with Crippen molar-refractivity contribution in [2.75, 3.05) is 32.1 Å². The molecule has 2 aromatic rings. The zero-order valence-corrected chi connectivity index (χ0v) is 22.1. The number of methoxy groups -OCH3 is 1. The first-order valence-corrected chi connectivity index (χ1v) is 13.7. The minimum absolute atomic E-state index is 0.0287. The summed E-state index contributed by atoms with van der Waals surface area (Å²) in [5.41, 5.74) is 1.80. The maximum Gasteiger partial charge on any atom is 0.248 e. The molecule has 1 atom stereocenters. The molecule has 1 unspecified atom stereocenters. The molecule has 0 radical (unpaired) electrons. The van der Waals surface area contributed by atoms with Crippen LogP contribution < -0.4 is 15.4 Å². The molecule has 2 amide bonds. The van der Waals surface area contributed by atoms with Gasteiger partial charge in [0.25, 0.3) is 0 Å². The number of anilines is 1. The average molecular weight is 528 g/mol. The Labute approximate surface area is 224 Å². The summed E-state index contributed by atoms with van der Waals surface area (Å²) in [6, 6.07) is 17.0. The Morgan fingerprint density at radius 3 is 2.29 bits per heavy atom. The number of hydrogen-bond donors (Lipinski definition) is 2. The molecule has 4 rings (SSSR count). The number of carbonyl (C=O) groups is 2. The lowest BCUT2D eigenvalue weighted by Gasteiger charge is -2.33. The van der Waals surface area contributed by atoms with Crippen molar-refractivity contribution in [3.63, 3.8) is 0 Å². The number of hydrogen-bond acceptors (Lipinski definition) is 4. The number of carbonyl (C=O) groups excluding carboxylic acids is 2. The maximum absolute atomic E-state index is 13.6. The topological polar surface area (TPSA) is 70.7 Å². The zero-order chi connectivity index (χ0) is 27.0. The highest BCUT2D eigenvalue weighted by atomic mass is 19.3. The van der Waals surface area contributed by atoms with Crippen molar-refractivity contribution < 1.29 is 23.1 Å². The Kier molecular flexibility index (Phi) is 9.72. The van der Waals surface area contributed by atoms with Crippen LogP contribution in [-0.2, 0) is 9.59 Å². The normalized spacial score (nSPS) is 19.4. The smallest absolute Gasteiger partial charge is 0.248 e. The molecule has 1 aliphatic carbocycles. The van der Waals surface area contributed by atoms with E-state index in [4.69, 9.17) is 4.74 Å². The molecule has 1 heterocycles. The molecule has 0 bridgehead atoms. The lowest BCUT2D eigenvalue weighted by Crippen LogP contribution is -2.40. The number of alkyl halides is 2. The summed E-state index contributed by atoms with van der Waals surface area (Å²) in [6.45, 7) is 2.65. The maximum atomic E-state index is 13.6. The van der Waals surface area contributed by atoms with E-state index in [9.17, 15) is 18.4 Å². The summed E-state index contributed by atoms with van der Waals surface area (Å²) in [5.74, 6) is -1.97. The highest BCUT2D eigenvalue weighted by Gasteiger charge is 2.37. The molecule has 2 aromatic carbocycles. The molecule has 2 aliphatic rings. The summed E-state index contributed by atoms with van der Waals surface area (Å²) >= 11 is 0. The fourth-order valence-electron chi connectivity index (χ4n) is 5.47. The van der Waals surface area contributed by atoms with Gasteiger partial charge in [-0.1, -0.05) is 30.3 Å². The third-order valence-corrected chi connectivity index (χ3v) is 7.90. The molecule has 6 nitrogen and oxygen atoms in total. The van der Waals surface area contributed by atoms with Crippen LogP contribution in [0.4, 0.5) is 14.5 Å². The second kappa shape index (κ2) is 13.2. The van der Waals surface area contributed by atoms with Crippen LogP contribution in [0.25, 0.3) is 0 Å². The zero-order valence-electron chi connectivity index (χ0n) is 22.1. The third kappa shape index (κ3) is 8.25. The van der Waals surface area contributed by atoms with E-state index < -0.39 is 5.92 Å². The molecule has 1 saturated heterocycles. The van der Waals surface area contributed by atoms with Gasteiger partial charge in [-0.05, 0) is 80.9 Å². The van der Waals surface area contributed by atoms with Crippen molar-refractivity contribution in [2.24, 2.45) is 11.8 Å². The number of likely N-dealkylation sites (tertiary alicyclic amines) is 1. The molecule has 1 saturated carbocycles. The van der Waals surface area contributed by atoms with E-state index in [1.54, 1.807) is 7.11 Å². The highest BCUT2D eigenvalue weighted by Crippen LogP contribution is 2.36. The molecular formula is C30H39F2N3O3. The fourth-order valence-corrected chi connectivity index (χ4v) is 5.47. The van der Waals surface area contributed by atoms with Crippen LogP contribution in [0.1, 0.15) is 63.0 Å². The van der Waals surface area contributed by atoms with Gasteiger partial charge < -0.3 is 20.3 Å². The first kappa shape index (κ1) is 28.0. The van der Waals surface area contributed by atoms with Crippen molar-refractivity contribution in [1.82, 2.24) is 10.2 Å². The van der Waals surface area contributed by atoms with Gasteiger partial charge in [-0.15, -0.1) is 0 Å². The summed E-state index contributed by atoms with van der Waals surface area (Å²) in [5, 5.41) is 6.13. The number of rotatable bonds is 10. The first-order valence-electron chi connectivity index (χ1n) is 13.7. The second-order valence-corrected chi connectivity index (χ2v) is 10.7. The number of ether oxygens (including phenoxy) is 1. The van der Waals surface area contributed by atoms with E-state index in [1.165, 1.54) is 0 Å². The predicted molar refractivity (Wildman–Crippen MR) is 144 cm³/mol. The van der Waals surface area contributed by atoms with Crippen molar-refractivity contribution in [2.45, 2.75) is 63.3 Å². The Balaban J connectivity index is 1.23. The molecule has 206 valence electrons. The average Bonchev–Trinajstić information content (AvgIpc) is 2.92. The van der Waals surface area contributed by atoms with Crippen LogP contribution in [0.2, 0.25) is 0 Å². The minimum Gasteiger partial charge on any atom is -0.497 e. The van der Waals surface area contributed by atoms with Gasteiger partial charge in [-0.3, -0.25) is 9.59 Å². The first-order chi connectivity index (χ1) is 18.3. The Morgan fingerprint density at radius 1 is 1.00 bits per heavy atom. The number of piperidine rings is 1. The predicted octanol–water partition coefficient (Wildman–Crippen LogP) is 5.81. The van der Waals surface area contributed by atoms with E-state index in [1.807, 2.05) is 54.6 Å². The summed E-state index contributed by atoms with van der Waals surface area (Å²) in [4.78, 5) is 27.8. The SMILES string of the molecule is COc1ccc(NC(=O)CC2CCN(CCC(NC(=O)C3CCC(F)(F)CC3)c3ccccc3)CC2)cc1. The number of amides is 2. The van der Waals surface area contributed by atoms with Gasteiger partial charge in [0.05, 0.1) is 13.2 Å². The van der Waals surface area contributed by atoms with Crippen LogP contribution >= 0.6 is 0 Å². The van der Waals surface area contributed by atoms with Crippen LogP contribution in [0.3, 0.4) is 0 Å². The molecule has 0 spiro atoms. The Morgan fingerprint density at radius 2 is 1.66 bits per heavy atom. The molecule has 0 aromatic heterocycles. The Hall–Kier alpha value is -3.00. The lowest BCUT2D eigenvalue weighted by atomic mass is 9.86. The van der Waals surface area contributed by atoms with Gasteiger partial charge in [0.15, 0.2) is 0 Å². The van der Waals surface area contributed by atoms with Gasteiger partial charge in [0, 0.05) is 37.4 Å². The number of nitrogens with zero attached hydrogens (tertiary/aromatic N) is 1. The lowest BCUT2D eigenvalue weighted by molar-refractivity contribution is -0.130. The van der Waals surface area contributed by atoms with E-state index in [-0.39, 0.29) is 49.5 Å². The monoisotopic (exact) mass is 527 g/mol. The number of halogens is 2. The van der Waals surface area contributed by atoms with E-state index in [2.05, 4.69) is 15.5 Å². The van der Waals surface area contributed by atoms with Crippen molar-refractivity contribution in [3.8, 4) is 5.75 Å². The minimum atomic E-state index is -2.64.